The molecule has 1 atom stereocenters. The molecule has 2 amide bonds. The molecule has 0 spiro atoms. The van der Waals surface area contributed by atoms with E-state index in [1.807, 2.05) is 55.1 Å². The maximum absolute atomic E-state index is 12.9. The van der Waals surface area contributed by atoms with E-state index in [0.717, 1.165) is 35.9 Å². The van der Waals surface area contributed by atoms with Gasteiger partial charge in [-0.15, -0.1) is 0 Å². The van der Waals surface area contributed by atoms with Crippen molar-refractivity contribution in [2.45, 2.75) is 32.2 Å². The molecule has 1 aliphatic heterocycles. The maximum atomic E-state index is 12.9. The fourth-order valence-electron chi connectivity index (χ4n) is 4.25. The van der Waals surface area contributed by atoms with Crippen LogP contribution in [-0.4, -0.2) is 64.9 Å². The molecular weight excluding hydrogens is 430 g/mol. The number of hydrogen-bond donors (Lipinski definition) is 3. The lowest BCUT2D eigenvalue weighted by atomic mass is 10.1. The molecule has 9 heteroatoms. The van der Waals surface area contributed by atoms with Gasteiger partial charge in [-0.1, -0.05) is 18.2 Å². The van der Waals surface area contributed by atoms with Gasteiger partial charge in [0.2, 0.25) is 11.9 Å². The highest BCUT2D eigenvalue weighted by atomic mass is 16.2. The fraction of sp³-hybridized carbons (Fsp3) is 0.400. The van der Waals surface area contributed by atoms with Crippen molar-refractivity contribution < 1.29 is 9.59 Å². The van der Waals surface area contributed by atoms with E-state index in [1.54, 1.807) is 6.08 Å². The molecule has 1 unspecified atom stereocenters. The first kappa shape index (κ1) is 25.0. The zero-order valence-electron chi connectivity index (χ0n) is 20.2. The minimum Gasteiger partial charge on any atom is -0.405 e. The lowest BCUT2D eigenvalue weighted by Crippen LogP contribution is -2.35. The SMILES string of the molecule is Cc1cccc2nc(NC(=O)C(/C=C\N)=C/N)n(C3CCCCN(C(=O)/C=C/CN(C)C)C3)c12. The van der Waals surface area contributed by atoms with Gasteiger partial charge in [-0.2, -0.15) is 0 Å². The summed E-state index contributed by atoms with van der Waals surface area (Å²) >= 11 is 0. The number of aryl methyl sites for hydroxylation is 1. The number of nitrogens with zero attached hydrogens (tertiary/aromatic N) is 4. The normalized spacial score (nSPS) is 17.7. The summed E-state index contributed by atoms with van der Waals surface area (Å²) in [6.07, 6.45) is 10.2. The van der Waals surface area contributed by atoms with Gasteiger partial charge in [-0.05, 0) is 64.2 Å². The summed E-state index contributed by atoms with van der Waals surface area (Å²) in [6, 6.07) is 5.86. The van der Waals surface area contributed by atoms with E-state index in [9.17, 15) is 9.59 Å². The average molecular weight is 466 g/mol. The standard InChI is InChI=1S/C25H35N7O2/c1-18-8-6-10-21-23(18)32(25(28-21)29-24(34)19(16-27)12-13-26)20-9-4-5-15-31(17-20)22(33)11-7-14-30(2)3/h6-8,10-13,16,20H,4-5,9,14-15,17,26-27H2,1-3H3,(H,28,29,34)/b11-7+,13-12-,19-16+. The van der Waals surface area contributed by atoms with Crippen molar-refractivity contribution in [1.29, 1.82) is 0 Å². The van der Waals surface area contributed by atoms with E-state index in [4.69, 9.17) is 16.5 Å². The van der Waals surface area contributed by atoms with Gasteiger partial charge < -0.3 is 25.8 Å². The number of para-hydroxylation sites is 1. The largest absolute Gasteiger partial charge is 0.405 e. The first-order valence-corrected chi connectivity index (χ1v) is 11.5. The zero-order valence-corrected chi connectivity index (χ0v) is 20.2. The van der Waals surface area contributed by atoms with Crippen LogP contribution in [0.5, 0.6) is 0 Å². The third-order valence-electron chi connectivity index (χ3n) is 5.91. The van der Waals surface area contributed by atoms with Crippen LogP contribution in [-0.2, 0) is 9.59 Å². The number of benzene rings is 1. The van der Waals surface area contributed by atoms with Crippen LogP contribution >= 0.6 is 0 Å². The van der Waals surface area contributed by atoms with Crippen LogP contribution in [0.15, 0.2) is 54.4 Å². The molecule has 2 heterocycles. The lowest BCUT2D eigenvalue weighted by molar-refractivity contribution is -0.126. The number of likely N-dealkylation sites (N-methyl/N-ethyl adjacent to an activating group) is 1. The van der Waals surface area contributed by atoms with Crippen LogP contribution < -0.4 is 16.8 Å². The van der Waals surface area contributed by atoms with Gasteiger partial charge in [-0.25, -0.2) is 4.98 Å². The van der Waals surface area contributed by atoms with Gasteiger partial charge >= 0.3 is 0 Å². The van der Waals surface area contributed by atoms with Crippen LogP contribution in [0.1, 0.15) is 30.9 Å². The van der Waals surface area contributed by atoms with Crippen molar-refractivity contribution in [2.75, 3.05) is 39.0 Å². The number of nitrogens with one attached hydrogen (secondary N) is 1. The van der Waals surface area contributed by atoms with Crippen molar-refractivity contribution in [2.24, 2.45) is 11.5 Å². The fourth-order valence-corrected chi connectivity index (χ4v) is 4.25. The number of rotatable bonds is 7. The molecule has 2 aromatic rings. The van der Waals surface area contributed by atoms with Crippen LogP contribution in [0.25, 0.3) is 11.0 Å². The van der Waals surface area contributed by atoms with Gasteiger partial charge in [0.25, 0.3) is 5.91 Å². The molecule has 0 bridgehead atoms. The summed E-state index contributed by atoms with van der Waals surface area (Å²) in [4.78, 5) is 34.4. The summed E-state index contributed by atoms with van der Waals surface area (Å²) in [6.45, 7) is 3.98. The van der Waals surface area contributed by atoms with Crippen LogP contribution in [0.3, 0.4) is 0 Å². The van der Waals surface area contributed by atoms with E-state index in [2.05, 4.69) is 9.88 Å². The smallest absolute Gasteiger partial charge is 0.259 e. The molecule has 5 N–H and O–H groups in total. The van der Waals surface area contributed by atoms with Crippen molar-refractivity contribution >= 4 is 28.8 Å². The molecule has 1 aromatic heterocycles. The number of hydrogen-bond acceptors (Lipinski definition) is 6. The number of fused-ring (bicyclic) bond motifs is 1. The predicted octanol–water partition coefficient (Wildman–Crippen LogP) is 2.27. The van der Waals surface area contributed by atoms with E-state index in [-0.39, 0.29) is 17.5 Å². The monoisotopic (exact) mass is 465 g/mol. The summed E-state index contributed by atoms with van der Waals surface area (Å²) in [5, 5.41) is 2.91. The average Bonchev–Trinajstić information content (AvgIpc) is 2.99. The lowest BCUT2D eigenvalue weighted by Gasteiger charge is -2.26. The second-order valence-corrected chi connectivity index (χ2v) is 8.78. The van der Waals surface area contributed by atoms with Crippen LogP contribution in [0, 0.1) is 6.92 Å². The van der Waals surface area contributed by atoms with Crippen molar-refractivity contribution in [3.8, 4) is 0 Å². The summed E-state index contributed by atoms with van der Waals surface area (Å²) in [5.74, 6) is 0.0371. The maximum Gasteiger partial charge on any atom is 0.259 e. The van der Waals surface area contributed by atoms with Crippen molar-refractivity contribution in [1.82, 2.24) is 19.4 Å². The molecule has 1 aliphatic rings. The second kappa shape index (κ2) is 11.5. The Morgan fingerprint density at radius 3 is 2.74 bits per heavy atom. The molecule has 0 radical (unpaired) electrons. The summed E-state index contributed by atoms with van der Waals surface area (Å²) in [5.41, 5.74) is 14.1. The number of imidazole rings is 1. The summed E-state index contributed by atoms with van der Waals surface area (Å²) in [7, 11) is 3.93. The Hall–Kier alpha value is -3.59. The van der Waals surface area contributed by atoms with E-state index in [1.165, 1.54) is 18.5 Å². The van der Waals surface area contributed by atoms with Gasteiger partial charge in [0.15, 0.2) is 0 Å². The van der Waals surface area contributed by atoms with Crippen molar-refractivity contribution in [3.63, 3.8) is 0 Å². The Kier molecular flexibility index (Phi) is 8.48. The molecule has 0 saturated carbocycles. The first-order chi connectivity index (χ1) is 16.3. The number of likely N-dealkylation sites (tertiary alicyclic amines) is 1. The molecule has 0 aliphatic carbocycles. The van der Waals surface area contributed by atoms with Crippen LogP contribution in [0.2, 0.25) is 0 Å². The number of aromatic nitrogens is 2. The van der Waals surface area contributed by atoms with Gasteiger partial charge in [0.1, 0.15) is 0 Å². The molecular formula is C25H35N7O2. The third kappa shape index (κ3) is 5.85. The second-order valence-electron chi connectivity index (χ2n) is 8.78. The minimum absolute atomic E-state index is 0.00177. The highest BCUT2D eigenvalue weighted by molar-refractivity contribution is 6.05. The Labute approximate surface area is 200 Å². The molecule has 9 nitrogen and oxygen atoms in total. The van der Waals surface area contributed by atoms with Gasteiger partial charge in [0.05, 0.1) is 22.6 Å². The van der Waals surface area contributed by atoms with Gasteiger partial charge in [0, 0.05) is 31.9 Å². The highest BCUT2D eigenvalue weighted by Crippen LogP contribution is 2.32. The predicted molar refractivity (Wildman–Crippen MR) is 136 cm³/mol. The molecule has 1 aromatic carbocycles. The molecule has 1 saturated heterocycles. The molecule has 3 rings (SSSR count). The highest BCUT2D eigenvalue weighted by Gasteiger charge is 2.27. The zero-order chi connectivity index (χ0) is 24.7. The van der Waals surface area contributed by atoms with Gasteiger partial charge in [-0.3, -0.25) is 14.9 Å². The summed E-state index contributed by atoms with van der Waals surface area (Å²) < 4.78 is 2.07. The number of carbonyl (C=O) groups is 2. The third-order valence-corrected chi connectivity index (χ3v) is 5.91. The Morgan fingerprint density at radius 1 is 1.24 bits per heavy atom. The van der Waals surface area contributed by atoms with E-state index in [0.29, 0.717) is 25.6 Å². The topological polar surface area (TPSA) is 123 Å². The number of nitrogens with two attached hydrogens (primary N) is 2. The molecule has 1 fully saturated rings. The van der Waals surface area contributed by atoms with Crippen molar-refractivity contribution in [3.05, 3.63) is 60.0 Å². The minimum atomic E-state index is -0.397. The van der Waals surface area contributed by atoms with E-state index < -0.39 is 5.91 Å². The molecule has 182 valence electrons. The Bertz CT molecular complexity index is 1110. The first-order valence-electron chi connectivity index (χ1n) is 11.5. The Morgan fingerprint density at radius 2 is 2.03 bits per heavy atom. The molecule has 34 heavy (non-hydrogen) atoms. The number of carbonyl (C=O) groups excluding carboxylic acids is 2. The Balaban J connectivity index is 1.97. The number of anilines is 1. The van der Waals surface area contributed by atoms with E-state index >= 15 is 0 Å². The quantitative estimate of drug-likeness (QED) is 0.426. The van der Waals surface area contributed by atoms with Crippen LogP contribution in [0.4, 0.5) is 5.95 Å². The number of amides is 2.